The van der Waals surface area contributed by atoms with Crippen molar-refractivity contribution in [3.05, 3.63) is 150 Å². The number of likely N-dealkylation sites (N-methyl/N-ethyl adjacent to an activating group) is 1. The van der Waals surface area contributed by atoms with Crippen molar-refractivity contribution in [1.82, 2.24) is 30.2 Å². The van der Waals surface area contributed by atoms with Crippen molar-refractivity contribution in [1.29, 1.82) is 0 Å². The highest BCUT2D eigenvalue weighted by Crippen LogP contribution is 2.22. The standard InChI is InChI=1S/C16H27NOSi.C14H21NO3.C13H19NO.C13H17NO.C12H23NO.C12H21NO.I2.HI/c1-6-17(7-2)16(18-19(3,4)5)14-13-15-11-9-8-10-12-15;16-13-14(17)18-12-10-8-6-4-2-1-3-5-7-9-11-15(12)13;2*1-3-14(4-2)13(15)11-10-12-8-6-5-7-9-12;2*14-12-10-8-6-4-2-1-3-5-7-9-11-13-12;1-2;/h8-12,14H,6-7,13H2,1-5H3;10H,1-9,11H2;5-9H,3-4,10-11H2,1-2H3;5-11H,3-4H2,1-2H3;1-11H2,(H,13,14);8,10H,1-7,9,11H2,(H,13,14);;1H/b16-14-;12-10-;;11-10+;;10-8+;;. The molecular formula is C80H129I3N6O8Si. The highest BCUT2D eigenvalue weighted by atomic mass is 128. The van der Waals surface area contributed by atoms with E-state index in [1.165, 1.54) is 132 Å². The largest absolute Gasteiger partial charge is 0.533 e. The van der Waals surface area contributed by atoms with E-state index in [1.807, 2.05) is 99.4 Å². The van der Waals surface area contributed by atoms with Gasteiger partial charge in [-0.3, -0.25) is 28.9 Å². The Morgan fingerprint density at radius 1 is 0.551 bits per heavy atom. The number of allylic oxidation sites excluding steroid dienone is 3. The van der Waals surface area contributed by atoms with Gasteiger partial charge in [0.2, 0.25) is 37.8 Å². The van der Waals surface area contributed by atoms with Crippen LogP contribution >= 0.6 is 61.2 Å². The quantitative estimate of drug-likeness (QED) is 0.0356. The lowest BCUT2D eigenvalue weighted by molar-refractivity contribution is -0.147. The predicted molar refractivity (Wildman–Crippen MR) is 441 cm³/mol. The van der Waals surface area contributed by atoms with Crippen molar-refractivity contribution in [3.63, 3.8) is 0 Å². The maximum absolute atomic E-state index is 11.7. The molecule has 0 atom stereocenters. The molecular weight excluding hydrogens is 1580 g/mol. The van der Waals surface area contributed by atoms with Crippen LogP contribution in [-0.4, -0.2) is 122 Å². The van der Waals surface area contributed by atoms with Gasteiger partial charge in [0.1, 0.15) is 0 Å². The number of aryl methyl sites for hydroxylation is 1. The van der Waals surface area contributed by atoms with Crippen molar-refractivity contribution in [2.24, 2.45) is 0 Å². The molecule has 0 radical (unpaired) electrons. The van der Waals surface area contributed by atoms with Gasteiger partial charge >= 0.3 is 11.9 Å². The minimum absolute atomic E-state index is 0. The van der Waals surface area contributed by atoms with Gasteiger partial charge in [-0.05, 0) is 166 Å². The molecule has 0 bridgehead atoms. The number of halogens is 3. The van der Waals surface area contributed by atoms with Gasteiger partial charge in [0.25, 0.3) is 0 Å². The molecule has 4 aliphatic heterocycles. The average molecular weight is 1710 g/mol. The molecule has 7 rings (SSSR count). The Bertz CT molecular complexity index is 2610. The Labute approximate surface area is 636 Å². The molecule has 5 amide bonds. The summed E-state index contributed by atoms with van der Waals surface area (Å²) in [6.07, 6.45) is 46.3. The van der Waals surface area contributed by atoms with Crippen molar-refractivity contribution < 1.29 is 37.9 Å². The van der Waals surface area contributed by atoms with E-state index in [1.54, 1.807) is 17.1 Å². The summed E-state index contributed by atoms with van der Waals surface area (Å²) in [6, 6.07) is 30.5. The van der Waals surface area contributed by atoms with Gasteiger partial charge in [0.05, 0.1) is 0 Å². The van der Waals surface area contributed by atoms with Crippen LogP contribution in [0.3, 0.4) is 0 Å². The van der Waals surface area contributed by atoms with Crippen molar-refractivity contribution >= 4 is 111 Å². The molecule has 3 aromatic carbocycles. The molecule has 98 heavy (non-hydrogen) atoms. The Hall–Kier alpha value is -4.55. The number of benzene rings is 3. The van der Waals surface area contributed by atoms with Gasteiger partial charge in [0, 0.05) is 115 Å². The topological polar surface area (TPSA) is 158 Å². The third kappa shape index (κ3) is 49.1. The maximum atomic E-state index is 11.7. The number of fused-ring (bicyclic) bond motifs is 1. The third-order valence-electron chi connectivity index (χ3n) is 16.8. The first-order valence-corrected chi connectivity index (χ1v) is 46.9. The minimum Gasteiger partial charge on any atom is -0.533 e. The van der Waals surface area contributed by atoms with E-state index in [4.69, 9.17) is 9.16 Å². The van der Waals surface area contributed by atoms with E-state index in [0.29, 0.717) is 18.8 Å². The summed E-state index contributed by atoms with van der Waals surface area (Å²) in [5, 5.41) is 5.88. The van der Waals surface area contributed by atoms with E-state index in [2.05, 4.69) is 135 Å². The number of nitrogens with one attached hydrogen (secondary N) is 2. The summed E-state index contributed by atoms with van der Waals surface area (Å²) in [7, 11) is -1.56. The van der Waals surface area contributed by atoms with Crippen LogP contribution in [0.5, 0.6) is 0 Å². The van der Waals surface area contributed by atoms with Crippen LogP contribution in [0, 0.1) is 0 Å². The van der Waals surface area contributed by atoms with Crippen molar-refractivity contribution in [2.75, 3.05) is 58.9 Å². The fourth-order valence-electron chi connectivity index (χ4n) is 11.1. The summed E-state index contributed by atoms with van der Waals surface area (Å²) in [5.74, 6) is 0.933. The van der Waals surface area contributed by atoms with Gasteiger partial charge < -0.3 is 34.5 Å². The Morgan fingerprint density at radius 3 is 1.51 bits per heavy atom. The van der Waals surface area contributed by atoms with Crippen LogP contribution < -0.4 is 10.6 Å². The zero-order valence-corrected chi connectivity index (χ0v) is 69.6. The number of carbonyl (C=O) groups excluding carboxylic acids is 6. The molecule has 0 unspecified atom stereocenters. The van der Waals surface area contributed by atoms with Gasteiger partial charge in [-0.1, -0.05) is 213 Å². The molecule has 18 heteroatoms. The van der Waals surface area contributed by atoms with Gasteiger partial charge in [-0.25, -0.2) is 4.79 Å². The highest BCUT2D eigenvalue weighted by molar-refractivity contribution is 15.0. The summed E-state index contributed by atoms with van der Waals surface area (Å²) >= 11 is 4.24. The molecule has 0 spiro atoms. The smallest absolute Gasteiger partial charge is 0.404 e. The normalized spacial score (nSPS) is 17.1. The number of amides is 5. The lowest BCUT2D eigenvalue weighted by atomic mass is 10.1. The first-order valence-electron chi connectivity index (χ1n) is 37.2. The Kier molecular flexibility index (Phi) is 60.4. The molecule has 0 aromatic heterocycles. The van der Waals surface area contributed by atoms with Crippen LogP contribution in [0.1, 0.15) is 238 Å². The zero-order valence-electron chi connectivity index (χ0n) is 61.9. The fraction of sp³-hybridized carbons (Fsp3) is 0.600. The Morgan fingerprint density at radius 2 is 1.00 bits per heavy atom. The molecule has 0 aliphatic carbocycles. The highest BCUT2D eigenvalue weighted by Gasteiger charge is 2.36. The first kappa shape index (κ1) is 93.4. The van der Waals surface area contributed by atoms with Gasteiger partial charge in [-0.2, -0.15) is 0 Å². The van der Waals surface area contributed by atoms with E-state index in [9.17, 15) is 28.8 Å². The van der Waals surface area contributed by atoms with Gasteiger partial charge in [-0.15, -0.1) is 24.0 Å². The van der Waals surface area contributed by atoms with Crippen molar-refractivity contribution in [3.8, 4) is 0 Å². The molecule has 3 aromatic rings. The van der Waals surface area contributed by atoms with E-state index >= 15 is 0 Å². The number of nitrogens with zero attached hydrogens (tertiary/aromatic N) is 4. The second kappa shape index (κ2) is 63.4. The second-order valence-corrected chi connectivity index (χ2v) is 30.1. The summed E-state index contributed by atoms with van der Waals surface area (Å²) in [5.41, 5.74) is 3.61. The monoisotopic (exact) mass is 1710 g/mol. The van der Waals surface area contributed by atoms with E-state index < -0.39 is 20.2 Å². The average Bonchev–Trinajstić information content (AvgIpc) is 1.69. The number of carbonyl (C=O) groups is 6. The molecule has 14 nitrogen and oxygen atoms in total. The lowest BCUT2D eigenvalue weighted by Gasteiger charge is -2.30. The van der Waals surface area contributed by atoms with Crippen LogP contribution in [-0.2, 0) is 50.8 Å². The third-order valence-corrected chi connectivity index (χ3v) is 17.6. The molecule has 552 valence electrons. The van der Waals surface area contributed by atoms with Crippen LogP contribution in [0.4, 0.5) is 0 Å². The SMILES string of the molecule is CCN(CC)/C(=C/Cc1ccccc1)O[Si](C)(C)C.CCN(CC)C(=O)/C=C/c1ccccc1.CCN(CC)C(=O)CCc1ccccc1.I.II.O=C1/C=C/CCCCCCCCCN1.O=C1CCCCCCCCCCCN1.O=C1O/C2=C\CCCCCCCCCCN2C1=O. The number of esters is 1. The Balaban J connectivity index is 0.00000115. The second-order valence-electron chi connectivity index (χ2n) is 25.7. The summed E-state index contributed by atoms with van der Waals surface area (Å²) < 4.78 is 11.2. The molecule has 0 saturated carbocycles. The van der Waals surface area contributed by atoms with Gasteiger partial charge in [0.15, 0.2) is 5.88 Å². The molecule has 2 N–H and O–H groups in total. The minimum atomic E-state index is -1.56. The maximum Gasteiger partial charge on any atom is 0.404 e. The molecule has 2 fully saturated rings. The van der Waals surface area contributed by atoms with E-state index in [0.717, 1.165) is 134 Å². The zero-order chi connectivity index (χ0) is 71.4. The van der Waals surface area contributed by atoms with E-state index in [-0.39, 0.29) is 47.6 Å². The van der Waals surface area contributed by atoms with Crippen LogP contribution in [0.2, 0.25) is 19.6 Å². The number of ether oxygens (including phenoxy) is 1. The lowest BCUT2D eigenvalue weighted by Crippen LogP contribution is -2.33. The van der Waals surface area contributed by atoms with Crippen LogP contribution in [0.15, 0.2) is 133 Å². The van der Waals surface area contributed by atoms with Crippen LogP contribution in [0.25, 0.3) is 6.08 Å². The molecule has 4 aliphatic rings. The number of rotatable bonds is 16. The number of hydrogen-bond donors (Lipinski definition) is 2. The fourth-order valence-corrected chi connectivity index (χ4v) is 11.9. The summed E-state index contributed by atoms with van der Waals surface area (Å²) in [4.78, 5) is 76.2. The number of hydrogen-bond acceptors (Lipinski definition) is 9. The molecule has 4 heterocycles. The molecule has 2 saturated heterocycles. The van der Waals surface area contributed by atoms with Crippen molar-refractivity contribution in [2.45, 2.75) is 254 Å². The predicted octanol–water partition coefficient (Wildman–Crippen LogP) is 20.3. The first-order chi connectivity index (χ1) is 47.1. The summed E-state index contributed by atoms with van der Waals surface area (Å²) in [6.45, 7) is 26.5.